The average molecular weight is 344 g/mol. The van der Waals surface area contributed by atoms with Gasteiger partial charge >= 0.3 is 0 Å². The number of benzene rings is 1. The highest BCUT2D eigenvalue weighted by atomic mass is 16.5. The Morgan fingerprint density at radius 1 is 1.16 bits per heavy atom. The summed E-state index contributed by atoms with van der Waals surface area (Å²) in [5.41, 5.74) is 1.10. The first-order valence-electron chi connectivity index (χ1n) is 8.86. The molecule has 2 aliphatic rings. The van der Waals surface area contributed by atoms with E-state index >= 15 is 0 Å². The number of hydrogen-bond donors (Lipinski definition) is 0. The largest absolute Gasteiger partial charge is 0.479 e. The van der Waals surface area contributed by atoms with E-state index in [0.29, 0.717) is 17.0 Å². The number of carbonyl (C=O) groups excluding carboxylic acids is 3. The summed E-state index contributed by atoms with van der Waals surface area (Å²) in [6.07, 6.45) is 3.15. The second-order valence-corrected chi connectivity index (χ2v) is 6.70. The van der Waals surface area contributed by atoms with E-state index in [4.69, 9.17) is 4.74 Å². The number of rotatable bonds is 4. The molecule has 1 fully saturated rings. The zero-order valence-electron chi connectivity index (χ0n) is 14.8. The molecule has 134 valence electrons. The SMILES string of the molecule is CC1Oc2ccc(C(=O)CCC(=O)N3CCCCC3)cc2N(C)C1=O. The lowest BCUT2D eigenvalue weighted by molar-refractivity contribution is -0.132. The molecule has 1 aromatic carbocycles. The van der Waals surface area contributed by atoms with Gasteiger partial charge in [0.05, 0.1) is 5.69 Å². The standard InChI is InChI=1S/C19H24N2O4/c1-13-19(24)20(2)15-12-14(6-8-17(15)25-13)16(22)7-9-18(23)21-10-4-3-5-11-21/h6,8,12-13H,3-5,7,9-11H2,1-2H3. The molecule has 3 rings (SSSR count). The van der Waals surface area contributed by atoms with Crippen LogP contribution in [-0.4, -0.2) is 48.7 Å². The number of carbonyl (C=O) groups is 3. The van der Waals surface area contributed by atoms with Crippen LogP contribution in [-0.2, 0) is 9.59 Å². The molecule has 2 aliphatic heterocycles. The highest BCUT2D eigenvalue weighted by molar-refractivity contribution is 6.03. The third kappa shape index (κ3) is 3.67. The third-order valence-electron chi connectivity index (χ3n) is 4.90. The summed E-state index contributed by atoms with van der Waals surface area (Å²) in [6.45, 7) is 3.30. The monoisotopic (exact) mass is 344 g/mol. The minimum atomic E-state index is -0.527. The van der Waals surface area contributed by atoms with Gasteiger partial charge in [0.25, 0.3) is 5.91 Å². The molecule has 1 atom stereocenters. The summed E-state index contributed by atoms with van der Waals surface area (Å²) in [4.78, 5) is 40.0. The Balaban J connectivity index is 1.65. The number of anilines is 1. The van der Waals surface area contributed by atoms with Crippen LogP contribution in [0, 0.1) is 0 Å². The quantitative estimate of drug-likeness (QED) is 0.787. The van der Waals surface area contributed by atoms with E-state index in [1.54, 1.807) is 32.2 Å². The second-order valence-electron chi connectivity index (χ2n) is 6.70. The number of ether oxygens (including phenoxy) is 1. The molecule has 0 aliphatic carbocycles. The van der Waals surface area contributed by atoms with Crippen LogP contribution in [0.2, 0.25) is 0 Å². The van der Waals surface area contributed by atoms with Gasteiger partial charge < -0.3 is 14.5 Å². The van der Waals surface area contributed by atoms with E-state index in [1.807, 2.05) is 4.90 Å². The predicted octanol–water partition coefficient (Wildman–Crippen LogP) is 2.41. The maximum absolute atomic E-state index is 12.5. The van der Waals surface area contributed by atoms with Crippen LogP contribution < -0.4 is 9.64 Å². The topological polar surface area (TPSA) is 66.9 Å². The van der Waals surface area contributed by atoms with Crippen molar-refractivity contribution in [3.05, 3.63) is 23.8 Å². The minimum Gasteiger partial charge on any atom is -0.479 e. The van der Waals surface area contributed by atoms with E-state index in [0.717, 1.165) is 25.9 Å². The van der Waals surface area contributed by atoms with Gasteiger partial charge in [0, 0.05) is 38.5 Å². The fourth-order valence-corrected chi connectivity index (χ4v) is 3.35. The van der Waals surface area contributed by atoms with Gasteiger partial charge in [-0.2, -0.15) is 0 Å². The van der Waals surface area contributed by atoms with Gasteiger partial charge in [-0.1, -0.05) is 0 Å². The van der Waals surface area contributed by atoms with Gasteiger partial charge in [0.1, 0.15) is 5.75 Å². The van der Waals surface area contributed by atoms with Crippen molar-refractivity contribution in [3.8, 4) is 5.75 Å². The van der Waals surface area contributed by atoms with E-state index in [9.17, 15) is 14.4 Å². The Morgan fingerprint density at radius 2 is 1.88 bits per heavy atom. The van der Waals surface area contributed by atoms with Crippen molar-refractivity contribution in [3.63, 3.8) is 0 Å². The number of likely N-dealkylation sites (N-methyl/N-ethyl adjacent to an activating group) is 1. The van der Waals surface area contributed by atoms with Crippen LogP contribution in [0.3, 0.4) is 0 Å². The molecule has 0 N–H and O–H groups in total. The van der Waals surface area contributed by atoms with E-state index < -0.39 is 6.10 Å². The highest BCUT2D eigenvalue weighted by Gasteiger charge is 2.29. The van der Waals surface area contributed by atoms with E-state index in [-0.39, 0.29) is 30.4 Å². The molecule has 6 heteroatoms. The van der Waals surface area contributed by atoms with Crippen molar-refractivity contribution in [1.82, 2.24) is 4.90 Å². The first-order chi connectivity index (χ1) is 12.0. The Kier molecular flexibility index (Phi) is 5.06. The first-order valence-corrected chi connectivity index (χ1v) is 8.86. The van der Waals surface area contributed by atoms with Crippen molar-refractivity contribution in [1.29, 1.82) is 0 Å². The Morgan fingerprint density at radius 3 is 2.60 bits per heavy atom. The maximum Gasteiger partial charge on any atom is 0.267 e. The summed E-state index contributed by atoms with van der Waals surface area (Å²) in [5, 5.41) is 0. The summed E-state index contributed by atoms with van der Waals surface area (Å²) in [7, 11) is 1.67. The van der Waals surface area contributed by atoms with Crippen LogP contribution >= 0.6 is 0 Å². The molecule has 6 nitrogen and oxygen atoms in total. The lowest BCUT2D eigenvalue weighted by atomic mass is 10.0. The Bertz CT molecular complexity index is 695. The zero-order chi connectivity index (χ0) is 18.0. The predicted molar refractivity (Wildman–Crippen MR) is 93.9 cm³/mol. The Labute approximate surface area is 147 Å². The zero-order valence-corrected chi connectivity index (χ0v) is 14.8. The average Bonchev–Trinajstić information content (AvgIpc) is 2.64. The van der Waals surface area contributed by atoms with Gasteiger partial charge in [-0.25, -0.2) is 0 Å². The van der Waals surface area contributed by atoms with Crippen LogP contribution in [0.5, 0.6) is 5.75 Å². The molecule has 1 saturated heterocycles. The van der Waals surface area contributed by atoms with Crippen molar-refractivity contribution in [2.24, 2.45) is 0 Å². The van der Waals surface area contributed by atoms with Crippen molar-refractivity contribution < 1.29 is 19.1 Å². The Hall–Kier alpha value is -2.37. The number of amides is 2. The third-order valence-corrected chi connectivity index (χ3v) is 4.90. The van der Waals surface area contributed by atoms with Crippen LogP contribution in [0.1, 0.15) is 49.4 Å². The molecule has 2 heterocycles. The van der Waals surface area contributed by atoms with Crippen molar-refractivity contribution >= 4 is 23.3 Å². The lowest BCUT2D eigenvalue weighted by Crippen LogP contribution is -2.42. The number of Topliss-reactive ketones (excluding diaryl/α,β-unsaturated/α-hetero) is 1. The minimum absolute atomic E-state index is 0.0514. The molecular weight excluding hydrogens is 320 g/mol. The number of ketones is 1. The van der Waals surface area contributed by atoms with Gasteiger partial charge in [-0.3, -0.25) is 14.4 Å². The molecule has 2 amide bonds. The number of fused-ring (bicyclic) bond motifs is 1. The summed E-state index contributed by atoms with van der Waals surface area (Å²) >= 11 is 0. The first kappa shape index (κ1) is 17.5. The van der Waals surface area contributed by atoms with Gasteiger partial charge in [-0.15, -0.1) is 0 Å². The fraction of sp³-hybridized carbons (Fsp3) is 0.526. The normalized spacial score (nSPS) is 20.1. The van der Waals surface area contributed by atoms with Crippen molar-refractivity contribution in [2.45, 2.75) is 45.1 Å². The van der Waals surface area contributed by atoms with Gasteiger partial charge in [-0.05, 0) is 44.4 Å². The molecule has 0 spiro atoms. The van der Waals surface area contributed by atoms with E-state index in [1.165, 1.54) is 11.3 Å². The summed E-state index contributed by atoms with van der Waals surface area (Å²) in [5.74, 6) is 0.413. The molecule has 25 heavy (non-hydrogen) atoms. The number of hydrogen-bond acceptors (Lipinski definition) is 4. The second kappa shape index (κ2) is 7.25. The maximum atomic E-state index is 12.5. The summed E-state index contributed by atoms with van der Waals surface area (Å²) in [6, 6.07) is 5.09. The van der Waals surface area contributed by atoms with Crippen LogP contribution in [0.15, 0.2) is 18.2 Å². The number of piperidine rings is 1. The number of likely N-dealkylation sites (tertiary alicyclic amines) is 1. The lowest BCUT2D eigenvalue weighted by Gasteiger charge is -2.30. The molecular formula is C19H24N2O4. The molecule has 0 saturated carbocycles. The molecule has 0 radical (unpaired) electrons. The van der Waals surface area contributed by atoms with Crippen LogP contribution in [0.25, 0.3) is 0 Å². The fourth-order valence-electron chi connectivity index (χ4n) is 3.35. The molecule has 0 bridgehead atoms. The van der Waals surface area contributed by atoms with Crippen molar-refractivity contribution in [2.75, 3.05) is 25.0 Å². The van der Waals surface area contributed by atoms with Gasteiger partial charge in [0.2, 0.25) is 5.91 Å². The van der Waals surface area contributed by atoms with Crippen LogP contribution in [0.4, 0.5) is 5.69 Å². The highest BCUT2D eigenvalue weighted by Crippen LogP contribution is 2.34. The van der Waals surface area contributed by atoms with E-state index in [2.05, 4.69) is 0 Å². The molecule has 0 aromatic heterocycles. The molecule has 1 aromatic rings. The number of nitrogens with zero attached hydrogens (tertiary/aromatic N) is 2. The smallest absolute Gasteiger partial charge is 0.267 e. The summed E-state index contributed by atoms with van der Waals surface area (Å²) < 4.78 is 5.56. The molecule has 1 unspecified atom stereocenters. The van der Waals surface area contributed by atoms with Gasteiger partial charge in [0.15, 0.2) is 11.9 Å².